The monoisotopic (exact) mass is 348 g/mol. The lowest BCUT2D eigenvalue weighted by molar-refractivity contribution is 0.415. The number of rotatable bonds is 4. The Hall–Kier alpha value is -2.78. The number of fused-ring (bicyclic) bond motifs is 1. The van der Waals surface area contributed by atoms with Crippen molar-refractivity contribution in [1.82, 2.24) is 9.55 Å². The second-order valence-electron chi connectivity index (χ2n) is 5.84. The molecule has 0 aliphatic rings. The summed E-state index contributed by atoms with van der Waals surface area (Å²) in [7, 11) is 1.67. The van der Waals surface area contributed by atoms with E-state index in [2.05, 4.69) is 16.7 Å². The summed E-state index contributed by atoms with van der Waals surface area (Å²) in [4.78, 5) is 4.84. The van der Waals surface area contributed by atoms with Gasteiger partial charge in [-0.05, 0) is 29.8 Å². The molecule has 3 aromatic carbocycles. The molecule has 4 aromatic rings. The highest BCUT2D eigenvalue weighted by Crippen LogP contribution is 2.32. The van der Waals surface area contributed by atoms with Gasteiger partial charge in [0, 0.05) is 18.2 Å². The van der Waals surface area contributed by atoms with Gasteiger partial charge in [-0.25, -0.2) is 4.98 Å². The number of benzene rings is 3. The summed E-state index contributed by atoms with van der Waals surface area (Å²) in [5.41, 5.74) is 4.08. The molecule has 0 atom stereocenters. The van der Waals surface area contributed by atoms with Crippen LogP contribution in [0.2, 0.25) is 5.02 Å². The van der Waals surface area contributed by atoms with E-state index in [1.807, 2.05) is 60.7 Å². The van der Waals surface area contributed by atoms with E-state index in [0.717, 1.165) is 28.2 Å². The van der Waals surface area contributed by atoms with Crippen LogP contribution in [0.1, 0.15) is 5.56 Å². The molecule has 0 aliphatic carbocycles. The van der Waals surface area contributed by atoms with Crippen LogP contribution >= 0.6 is 11.6 Å². The summed E-state index contributed by atoms with van der Waals surface area (Å²) in [5.74, 6) is 1.67. The Kier molecular flexibility index (Phi) is 4.16. The number of hydrogen-bond donors (Lipinski definition) is 0. The van der Waals surface area contributed by atoms with Crippen molar-refractivity contribution >= 4 is 22.6 Å². The molecule has 0 bridgehead atoms. The molecule has 0 fully saturated rings. The molecule has 0 radical (unpaired) electrons. The maximum absolute atomic E-state index is 6.44. The fourth-order valence-corrected chi connectivity index (χ4v) is 3.22. The van der Waals surface area contributed by atoms with Gasteiger partial charge in [-0.15, -0.1) is 0 Å². The van der Waals surface area contributed by atoms with Gasteiger partial charge in [0.25, 0.3) is 0 Å². The first kappa shape index (κ1) is 15.7. The van der Waals surface area contributed by atoms with Gasteiger partial charge < -0.3 is 9.30 Å². The van der Waals surface area contributed by atoms with E-state index in [-0.39, 0.29) is 0 Å². The number of halogens is 1. The summed E-state index contributed by atoms with van der Waals surface area (Å²) < 4.78 is 7.59. The van der Waals surface area contributed by atoms with Crippen LogP contribution in [0.25, 0.3) is 22.4 Å². The first-order chi connectivity index (χ1) is 12.3. The van der Waals surface area contributed by atoms with Crippen molar-refractivity contribution in [2.75, 3.05) is 7.11 Å². The summed E-state index contributed by atoms with van der Waals surface area (Å²) in [6.07, 6.45) is 0. The van der Waals surface area contributed by atoms with Gasteiger partial charge in [-0.1, -0.05) is 54.1 Å². The van der Waals surface area contributed by atoms with E-state index in [4.69, 9.17) is 21.3 Å². The van der Waals surface area contributed by atoms with Gasteiger partial charge in [0.1, 0.15) is 11.6 Å². The molecule has 0 saturated heterocycles. The minimum Gasteiger partial charge on any atom is -0.497 e. The minimum absolute atomic E-state index is 0.694. The average molecular weight is 349 g/mol. The molecule has 4 rings (SSSR count). The lowest BCUT2D eigenvalue weighted by atomic mass is 10.2. The largest absolute Gasteiger partial charge is 0.497 e. The summed E-state index contributed by atoms with van der Waals surface area (Å²) in [6, 6.07) is 24.1. The van der Waals surface area contributed by atoms with Crippen molar-refractivity contribution < 1.29 is 4.74 Å². The molecule has 25 heavy (non-hydrogen) atoms. The molecule has 3 nitrogen and oxygen atoms in total. The van der Waals surface area contributed by atoms with Crippen LogP contribution in [-0.4, -0.2) is 16.7 Å². The van der Waals surface area contributed by atoms with Crippen LogP contribution < -0.4 is 4.74 Å². The number of hydrogen-bond acceptors (Lipinski definition) is 2. The highest BCUT2D eigenvalue weighted by molar-refractivity contribution is 6.33. The van der Waals surface area contributed by atoms with E-state index in [9.17, 15) is 0 Å². The predicted octanol–water partition coefficient (Wildman–Crippen LogP) is 5.41. The van der Waals surface area contributed by atoms with Crippen molar-refractivity contribution in [1.29, 1.82) is 0 Å². The lowest BCUT2D eigenvalue weighted by Gasteiger charge is -2.11. The predicted molar refractivity (Wildman–Crippen MR) is 102 cm³/mol. The number of nitrogens with zero attached hydrogens (tertiary/aromatic N) is 2. The van der Waals surface area contributed by atoms with Crippen molar-refractivity contribution in [3.05, 3.63) is 83.4 Å². The highest BCUT2D eigenvalue weighted by atomic mass is 35.5. The summed E-state index contributed by atoms with van der Waals surface area (Å²) in [6.45, 7) is 0.713. The van der Waals surface area contributed by atoms with Gasteiger partial charge in [0.2, 0.25) is 0 Å². The zero-order valence-electron chi connectivity index (χ0n) is 13.8. The fraction of sp³-hybridized carbons (Fsp3) is 0.0952. The standard InChI is InChI=1S/C21H17ClN2O/c1-25-16-11-12-19-20(13-16)24(14-15-7-3-2-4-8-15)21(23-19)17-9-5-6-10-18(17)22/h2-13H,14H2,1H3. The van der Waals surface area contributed by atoms with E-state index in [1.54, 1.807) is 7.11 Å². The molecular formula is C21H17ClN2O. The van der Waals surface area contributed by atoms with Gasteiger partial charge >= 0.3 is 0 Å². The Morgan fingerprint density at radius 3 is 2.48 bits per heavy atom. The summed E-state index contributed by atoms with van der Waals surface area (Å²) in [5, 5.41) is 0.694. The number of methoxy groups -OCH3 is 1. The quantitative estimate of drug-likeness (QED) is 0.492. The van der Waals surface area contributed by atoms with Crippen LogP contribution in [0.15, 0.2) is 72.8 Å². The Labute approximate surface area is 151 Å². The van der Waals surface area contributed by atoms with Crippen molar-refractivity contribution in [3.8, 4) is 17.1 Å². The maximum Gasteiger partial charge on any atom is 0.142 e. The first-order valence-electron chi connectivity index (χ1n) is 8.09. The second-order valence-corrected chi connectivity index (χ2v) is 6.25. The van der Waals surface area contributed by atoms with E-state index in [1.165, 1.54) is 5.56 Å². The smallest absolute Gasteiger partial charge is 0.142 e. The average Bonchev–Trinajstić information content (AvgIpc) is 3.00. The molecule has 0 amide bonds. The number of aromatic nitrogens is 2. The molecule has 1 aromatic heterocycles. The summed E-state index contributed by atoms with van der Waals surface area (Å²) >= 11 is 6.44. The highest BCUT2D eigenvalue weighted by Gasteiger charge is 2.15. The molecule has 1 heterocycles. The molecule has 124 valence electrons. The van der Waals surface area contributed by atoms with Crippen molar-refractivity contribution in [2.24, 2.45) is 0 Å². The third-order valence-electron chi connectivity index (χ3n) is 4.25. The van der Waals surface area contributed by atoms with Crippen LogP contribution in [0.3, 0.4) is 0 Å². The van der Waals surface area contributed by atoms with Gasteiger partial charge in [-0.2, -0.15) is 0 Å². The normalized spacial score (nSPS) is 11.0. The van der Waals surface area contributed by atoms with Gasteiger partial charge in [0.15, 0.2) is 0 Å². The Morgan fingerprint density at radius 1 is 0.960 bits per heavy atom. The minimum atomic E-state index is 0.694. The maximum atomic E-state index is 6.44. The molecule has 0 spiro atoms. The Balaban J connectivity index is 1.95. The third-order valence-corrected chi connectivity index (χ3v) is 4.58. The molecular weight excluding hydrogens is 332 g/mol. The van der Waals surface area contributed by atoms with Crippen LogP contribution in [-0.2, 0) is 6.54 Å². The van der Waals surface area contributed by atoms with Crippen molar-refractivity contribution in [2.45, 2.75) is 6.54 Å². The van der Waals surface area contributed by atoms with Gasteiger partial charge in [0.05, 0.1) is 23.2 Å². The molecule has 0 N–H and O–H groups in total. The van der Waals surface area contributed by atoms with Crippen LogP contribution in [0, 0.1) is 0 Å². The van der Waals surface area contributed by atoms with Crippen molar-refractivity contribution in [3.63, 3.8) is 0 Å². The fourth-order valence-electron chi connectivity index (χ4n) is 3.00. The van der Waals surface area contributed by atoms with E-state index in [0.29, 0.717) is 11.6 Å². The van der Waals surface area contributed by atoms with E-state index >= 15 is 0 Å². The number of ether oxygens (including phenoxy) is 1. The van der Waals surface area contributed by atoms with E-state index < -0.39 is 0 Å². The lowest BCUT2D eigenvalue weighted by Crippen LogP contribution is -2.02. The second kappa shape index (κ2) is 6.61. The number of imidazole rings is 1. The molecule has 0 aliphatic heterocycles. The van der Waals surface area contributed by atoms with Crippen LogP contribution in [0.4, 0.5) is 0 Å². The first-order valence-corrected chi connectivity index (χ1v) is 8.47. The molecule has 4 heteroatoms. The zero-order valence-corrected chi connectivity index (χ0v) is 14.6. The zero-order chi connectivity index (χ0) is 17.2. The topological polar surface area (TPSA) is 27.1 Å². The SMILES string of the molecule is COc1ccc2nc(-c3ccccc3Cl)n(Cc3ccccc3)c2c1. The third kappa shape index (κ3) is 2.99. The van der Waals surface area contributed by atoms with Crippen LogP contribution in [0.5, 0.6) is 5.75 Å². The Bertz CT molecular complexity index is 1020. The Morgan fingerprint density at radius 2 is 1.72 bits per heavy atom. The molecule has 0 saturated carbocycles. The molecule has 0 unspecified atom stereocenters. The van der Waals surface area contributed by atoms with Gasteiger partial charge in [-0.3, -0.25) is 0 Å².